The number of carbonyl (C=O) groups is 1. The minimum absolute atomic E-state index is 0.0226. The second kappa shape index (κ2) is 7.55. The summed E-state index contributed by atoms with van der Waals surface area (Å²) in [7, 11) is 0. The predicted molar refractivity (Wildman–Crippen MR) is 111 cm³/mol. The number of nitrogens with zero attached hydrogens (tertiary/aromatic N) is 4. The van der Waals surface area contributed by atoms with E-state index in [0.717, 1.165) is 22.6 Å². The molecule has 0 atom stereocenters. The van der Waals surface area contributed by atoms with Gasteiger partial charge in [0.15, 0.2) is 0 Å². The molecule has 0 aliphatic rings. The Balaban J connectivity index is 1.52. The number of amides is 1. The molecule has 0 saturated carbocycles. The zero-order chi connectivity index (χ0) is 19.7. The average Bonchev–Trinajstić information content (AvgIpc) is 3.29. The Morgan fingerprint density at radius 3 is 2.89 bits per heavy atom. The second-order valence-corrected chi connectivity index (χ2v) is 7.62. The van der Waals surface area contributed by atoms with Crippen molar-refractivity contribution in [2.75, 3.05) is 5.32 Å². The highest BCUT2D eigenvalue weighted by Gasteiger charge is 2.16. The van der Waals surface area contributed by atoms with Crippen LogP contribution >= 0.6 is 11.3 Å². The van der Waals surface area contributed by atoms with Gasteiger partial charge in [-0.15, -0.1) is 21.5 Å². The number of anilines is 1. The van der Waals surface area contributed by atoms with E-state index in [4.69, 9.17) is 0 Å². The number of nitrogens with one attached hydrogen (secondary N) is 1. The molecule has 28 heavy (non-hydrogen) atoms. The lowest BCUT2D eigenvalue weighted by atomic mass is 10.2. The van der Waals surface area contributed by atoms with E-state index in [0.29, 0.717) is 36.3 Å². The first-order valence-corrected chi connectivity index (χ1v) is 10.2. The van der Waals surface area contributed by atoms with Crippen LogP contribution in [0.25, 0.3) is 16.0 Å². The Labute approximate surface area is 165 Å². The lowest BCUT2D eigenvalue weighted by Gasteiger charge is -2.07. The summed E-state index contributed by atoms with van der Waals surface area (Å²) < 4.78 is 4.28. The van der Waals surface area contributed by atoms with Gasteiger partial charge in [-0.2, -0.15) is 0 Å². The van der Waals surface area contributed by atoms with E-state index in [1.807, 2.05) is 54.0 Å². The van der Waals surface area contributed by atoms with Gasteiger partial charge in [-0.1, -0.05) is 12.1 Å². The molecule has 3 aromatic heterocycles. The molecule has 0 saturated heterocycles. The molecule has 4 rings (SSSR count). The zero-order valence-electron chi connectivity index (χ0n) is 15.8. The molecule has 144 valence electrons. The highest BCUT2D eigenvalue weighted by Crippen LogP contribution is 2.20. The van der Waals surface area contributed by atoms with Crippen LogP contribution < -0.4 is 10.9 Å². The van der Waals surface area contributed by atoms with Gasteiger partial charge in [0.1, 0.15) is 10.5 Å². The minimum Gasteiger partial charge on any atom is -0.326 e. The van der Waals surface area contributed by atoms with Crippen LogP contribution in [0, 0.1) is 6.92 Å². The van der Waals surface area contributed by atoms with E-state index in [9.17, 15) is 9.59 Å². The lowest BCUT2D eigenvalue weighted by molar-refractivity contribution is -0.116. The number of aryl methyl sites for hydroxylation is 3. The Morgan fingerprint density at radius 1 is 1.25 bits per heavy atom. The van der Waals surface area contributed by atoms with Gasteiger partial charge in [0.25, 0.3) is 5.56 Å². The standard InChI is InChI=1S/C20H21N5O2S/c1-3-24-19(27)18-15(10-11-28-18)25-16(22-23-20(24)25)8-5-9-17(26)21-14-7-4-6-13(2)12-14/h4,6-7,10-12H,3,5,8-9H2,1-2H3,(H,21,26). The molecule has 1 amide bonds. The van der Waals surface area contributed by atoms with Crippen LogP contribution in [0.3, 0.4) is 0 Å². The van der Waals surface area contributed by atoms with E-state index in [2.05, 4.69) is 15.5 Å². The summed E-state index contributed by atoms with van der Waals surface area (Å²) in [6.45, 7) is 4.45. The average molecular weight is 395 g/mol. The molecule has 0 radical (unpaired) electrons. The normalized spacial score (nSPS) is 11.4. The summed E-state index contributed by atoms with van der Waals surface area (Å²) in [5.74, 6) is 1.30. The van der Waals surface area contributed by atoms with Crippen molar-refractivity contribution < 1.29 is 4.79 Å². The molecule has 1 N–H and O–H groups in total. The summed E-state index contributed by atoms with van der Waals surface area (Å²) in [6.07, 6.45) is 1.65. The van der Waals surface area contributed by atoms with Gasteiger partial charge in [-0.3, -0.25) is 18.6 Å². The number of fused-ring (bicyclic) bond motifs is 3. The topological polar surface area (TPSA) is 81.3 Å². The smallest absolute Gasteiger partial charge is 0.272 e. The van der Waals surface area contributed by atoms with Crippen molar-refractivity contribution in [2.45, 2.75) is 39.7 Å². The lowest BCUT2D eigenvalue weighted by Crippen LogP contribution is -2.21. The molecular formula is C20H21N5O2S. The molecule has 0 aliphatic heterocycles. The zero-order valence-corrected chi connectivity index (χ0v) is 16.6. The van der Waals surface area contributed by atoms with Crippen LogP contribution in [0.4, 0.5) is 5.69 Å². The van der Waals surface area contributed by atoms with E-state index in [1.165, 1.54) is 11.3 Å². The van der Waals surface area contributed by atoms with Gasteiger partial charge < -0.3 is 5.32 Å². The maximum absolute atomic E-state index is 12.6. The van der Waals surface area contributed by atoms with Crippen molar-refractivity contribution in [3.8, 4) is 0 Å². The minimum atomic E-state index is -0.0310. The Bertz CT molecular complexity index is 1220. The van der Waals surface area contributed by atoms with Gasteiger partial charge in [0.05, 0.1) is 5.52 Å². The highest BCUT2D eigenvalue weighted by atomic mass is 32.1. The number of hydrogen-bond donors (Lipinski definition) is 1. The third-order valence-electron chi connectivity index (χ3n) is 4.70. The van der Waals surface area contributed by atoms with E-state index in [1.54, 1.807) is 4.57 Å². The largest absolute Gasteiger partial charge is 0.326 e. The quantitative estimate of drug-likeness (QED) is 0.543. The molecule has 0 bridgehead atoms. The first-order valence-electron chi connectivity index (χ1n) is 9.29. The van der Waals surface area contributed by atoms with Crippen molar-refractivity contribution in [2.24, 2.45) is 0 Å². The SMILES string of the molecule is CCn1c(=O)c2sccc2n2c(CCCC(=O)Nc3cccc(C)c3)nnc12. The van der Waals surface area contributed by atoms with Gasteiger partial charge in [-0.05, 0) is 49.4 Å². The first kappa shape index (κ1) is 18.4. The van der Waals surface area contributed by atoms with Crippen molar-refractivity contribution in [1.29, 1.82) is 0 Å². The number of hydrogen-bond acceptors (Lipinski definition) is 5. The van der Waals surface area contributed by atoms with Crippen LogP contribution in [0.5, 0.6) is 0 Å². The molecule has 0 unspecified atom stereocenters. The Kier molecular flexibility index (Phi) is 4.95. The molecular weight excluding hydrogens is 374 g/mol. The fraction of sp³-hybridized carbons (Fsp3) is 0.300. The van der Waals surface area contributed by atoms with E-state index < -0.39 is 0 Å². The maximum atomic E-state index is 12.6. The third-order valence-corrected chi connectivity index (χ3v) is 5.59. The molecule has 1 aromatic carbocycles. The number of rotatable bonds is 6. The fourth-order valence-corrected chi connectivity index (χ4v) is 4.21. The Hall–Kier alpha value is -3.00. The number of carbonyl (C=O) groups excluding carboxylic acids is 1. The van der Waals surface area contributed by atoms with E-state index >= 15 is 0 Å². The maximum Gasteiger partial charge on any atom is 0.272 e. The molecule has 0 spiro atoms. The first-order chi connectivity index (χ1) is 13.6. The molecule has 0 aliphatic carbocycles. The summed E-state index contributed by atoms with van der Waals surface area (Å²) in [4.78, 5) is 24.8. The predicted octanol–water partition coefficient (Wildman–Crippen LogP) is 3.40. The van der Waals surface area contributed by atoms with Crippen LogP contribution in [0.15, 0.2) is 40.5 Å². The third kappa shape index (κ3) is 3.31. The Morgan fingerprint density at radius 2 is 2.11 bits per heavy atom. The molecule has 8 heteroatoms. The van der Waals surface area contributed by atoms with Crippen LogP contribution in [0.2, 0.25) is 0 Å². The van der Waals surface area contributed by atoms with Gasteiger partial charge in [0, 0.05) is 25.1 Å². The van der Waals surface area contributed by atoms with Crippen molar-refractivity contribution >= 4 is 38.9 Å². The second-order valence-electron chi connectivity index (χ2n) is 6.71. The van der Waals surface area contributed by atoms with Crippen molar-refractivity contribution in [3.05, 3.63) is 57.5 Å². The molecule has 0 fully saturated rings. The van der Waals surface area contributed by atoms with Crippen molar-refractivity contribution in [1.82, 2.24) is 19.2 Å². The molecule has 4 aromatic rings. The number of benzene rings is 1. The van der Waals surface area contributed by atoms with Gasteiger partial charge >= 0.3 is 0 Å². The summed E-state index contributed by atoms with van der Waals surface area (Å²) in [5, 5.41) is 13.4. The highest BCUT2D eigenvalue weighted by molar-refractivity contribution is 7.17. The van der Waals surface area contributed by atoms with E-state index in [-0.39, 0.29) is 11.5 Å². The fourth-order valence-electron chi connectivity index (χ4n) is 3.38. The number of thiophene rings is 1. The summed E-state index contributed by atoms with van der Waals surface area (Å²) in [6, 6.07) is 9.67. The number of aromatic nitrogens is 4. The molecule has 7 nitrogen and oxygen atoms in total. The van der Waals surface area contributed by atoms with Crippen LogP contribution in [-0.2, 0) is 17.8 Å². The van der Waals surface area contributed by atoms with Crippen LogP contribution in [0.1, 0.15) is 31.2 Å². The summed E-state index contributed by atoms with van der Waals surface area (Å²) in [5.41, 5.74) is 2.72. The van der Waals surface area contributed by atoms with Crippen molar-refractivity contribution in [3.63, 3.8) is 0 Å². The van der Waals surface area contributed by atoms with Gasteiger partial charge in [-0.25, -0.2) is 0 Å². The molecule has 3 heterocycles. The monoisotopic (exact) mass is 395 g/mol. The van der Waals surface area contributed by atoms with Crippen LogP contribution in [-0.4, -0.2) is 25.1 Å². The van der Waals surface area contributed by atoms with Gasteiger partial charge in [0.2, 0.25) is 11.7 Å². The summed E-state index contributed by atoms with van der Waals surface area (Å²) >= 11 is 1.43.